The molecule has 0 aliphatic rings. The molecular formula is C34H22S2. The number of rotatable bonds is 4. The van der Waals surface area contributed by atoms with Gasteiger partial charge in [0.25, 0.3) is 0 Å². The Labute approximate surface area is 218 Å². The van der Waals surface area contributed by atoms with Gasteiger partial charge in [0.1, 0.15) is 0 Å². The molecule has 36 heavy (non-hydrogen) atoms. The van der Waals surface area contributed by atoms with Gasteiger partial charge in [0.2, 0.25) is 0 Å². The summed E-state index contributed by atoms with van der Waals surface area (Å²) in [4.78, 5) is 5.22. The smallest absolute Gasteiger partial charge is 0.0349 e. The van der Waals surface area contributed by atoms with E-state index < -0.39 is 0 Å². The maximum Gasteiger partial charge on any atom is 0.0349 e. The number of hydrogen-bond acceptors (Lipinski definition) is 2. The number of thiophene rings is 2. The summed E-state index contributed by atoms with van der Waals surface area (Å²) in [6.45, 7) is 0. The van der Waals surface area contributed by atoms with Crippen LogP contribution in [-0.2, 0) is 0 Å². The second-order valence-corrected chi connectivity index (χ2v) is 11.2. The van der Waals surface area contributed by atoms with Crippen LogP contribution in [0.5, 0.6) is 0 Å². The van der Waals surface area contributed by atoms with E-state index in [0.717, 1.165) is 0 Å². The number of benzene rings is 5. The van der Waals surface area contributed by atoms with Crippen molar-refractivity contribution in [2.24, 2.45) is 0 Å². The third-order valence-corrected chi connectivity index (χ3v) is 9.06. The molecule has 0 amide bonds. The van der Waals surface area contributed by atoms with Crippen molar-refractivity contribution < 1.29 is 0 Å². The summed E-state index contributed by atoms with van der Waals surface area (Å²) in [5.74, 6) is 0. The minimum atomic E-state index is 1.28. The van der Waals surface area contributed by atoms with Gasteiger partial charge in [-0.3, -0.25) is 0 Å². The highest BCUT2D eigenvalue weighted by molar-refractivity contribution is 7.19. The quantitative estimate of drug-likeness (QED) is 0.213. The lowest BCUT2D eigenvalue weighted by atomic mass is 9.99. The lowest BCUT2D eigenvalue weighted by Crippen LogP contribution is -1.80. The summed E-state index contributed by atoms with van der Waals surface area (Å²) in [6, 6.07) is 48.5. The van der Waals surface area contributed by atoms with E-state index in [1.165, 1.54) is 63.3 Å². The first-order valence-electron chi connectivity index (χ1n) is 12.1. The molecule has 7 aromatic rings. The molecule has 0 fully saturated rings. The van der Waals surface area contributed by atoms with Crippen LogP contribution in [0.15, 0.2) is 133 Å². The highest BCUT2D eigenvalue weighted by atomic mass is 32.1. The van der Waals surface area contributed by atoms with E-state index in [-0.39, 0.29) is 0 Å². The minimum Gasteiger partial charge on any atom is -0.135 e. The van der Waals surface area contributed by atoms with Crippen molar-refractivity contribution in [2.45, 2.75) is 0 Å². The van der Waals surface area contributed by atoms with Crippen LogP contribution in [0.4, 0.5) is 0 Å². The Hall–Kier alpha value is -3.98. The Morgan fingerprint density at radius 2 is 0.667 bits per heavy atom. The zero-order valence-electron chi connectivity index (χ0n) is 19.5. The maximum atomic E-state index is 2.33. The first-order valence-corrected chi connectivity index (χ1v) is 13.7. The van der Waals surface area contributed by atoms with Gasteiger partial charge < -0.3 is 0 Å². The van der Waals surface area contributed by atoms with E-state index in [9.17, 15) is 0 Å². The normalized spacial score (nSPS) is 11.3. The molecule has 2 heteroatoms. The molecule has 0 saturated carbocycles. The van der Waals surface area contributed by atoms with Crippen molar-refractivity contribution in [2.75, 3.05) is 0 Å². The summed E-state index contributed by atoms with van der Waals surface area (Å²) in [6.07, 6.45) is 0. The van der Waals surface area contributed by atoms with Crippen molar-refractivity contribution in [1.82, 2.24) is 0 Å². The predicted octanol–water partition coefficient (Wildman–Crippen LogP) is 10.8. The van der Waals surface area contributed by atoms with Gasteiger partial charge >= 0.3 is 0 Å². The average molecular weight is 495 g/mol. The van der Waals surface area contributed by atoms with Gasteiger partial charge in [-0.25, -0.2) is 0 Å². The molecule has 0 aliphatic heterocycles. The molecule has 0 nitrogen and oxygen atoms in total. The number of hydrogen-bond donors (Lipinski definition) is 0. The Morgan fingerprint density at radius 3 is 1.08 bits per heavy atom. The van der Waals surface area contributed by atoms with Gasteiger partial charge in [-0.1, -0.05) is 84.9 Å². The lowest BCUT2D eigenvalue weighted by molar-refractivity contribution is 1.70. The van der Waals surface area contributed by atoms with Crippen LogP contribution in [0.25, 0.3) is 63.3 Å². The molecule has 0 N–H and O–H groups in total. The Morgan fingerprint density at radius 1 is 0.278 bits per heavy atom. The van der Waals surface area contributed by atoms with Crippen molar-refractivity contribution in [3.8, 4) is 41.8 Å². The third-order valence-electron chi connectivity index (χ3n) is 6.69. The van der Waals surface area contributed by atoms with E-state index in [2.05, 4.69) is 133 Å². The van der Waals surface area contributed by atoms with Gasteiger partial charge in [-0.2, -0.15) is 0 Å². The Balaban J connectivity index is 1.23. The summed E-state index contributed by atoms with van der Waals surface area (Å²) in [7, 11) is 0. The van der Waals surface area contributed by atoms with Gasteiger partial charge in [0, 0.05) is 19.5 Å². The molecule has 0 atom stereocenters. The molecule has 0 spiro atoms. The van der Waals surface area contributed by atoms with Crippen molar-refractivity contribution in [1.29, 1.82) is 0 Å². The van der Waals surface area contributed by atoms with Gasteiger partial charge in [0.05, 0.1) is 0 Å². The van der Waals surface area contributed by atoms with Crippen molar-refractivity contribution in [3.05, 3.63) is 133 Å². The molecule has 170 valence electrons. The van der Waals surface area contributed by atoms with Crippen LogP contribution >= 0.6 is 22.7 Å². The van der Waals surface area contributed by atoms with Crippen molar-refractivity contribution in [3.63, 3.8) is 0 Å². The van der Waals surface area contributed by atoms with E-state index in [1.807, 2.05) is 22.7 Å². The first-order chi connectivity index (χ1) is 17.8. The first kappa shape index (κ1) is 21.3. The largest absolute Gasteiger partial charge is 0.135 e. The topological polar surface area (TPSA) is 0 Å². The van der Waals surface area contributed by atoms with E-state index in [0.29, 0.717) is 0 Å². The summed E-state index contributed by atoms with van der Waals surface area (Å²) >= 11 is 3.70. The zero-order valence-corrected chi connectivity index (χ0v) is 21.2. The van der Waals surface area contributed by atoms with Crippen LogP contribution in [0.2, 0.25) is 0 Å². The standard InChI is InChI=1S/C34H22S2/c1-3-7-23(8-4-1)31-15-17-33(35-31)27-13-11-25-20-30-22-28(14-12-26(30)19-29(25)21-27)34-18-16-32(36-34)24-9-5-2-6-10-24/h1-22H. The monoisotopic (exact) mass is 494 g/mol. The average Bonchev–Trinajstić information content (AvgIpc) is 3.63. The molecule has 0 unspecified atom stereocenters. The minimum absolute atomic E-state index is 1.28. The highest BCUT2D eigenvalue weighted by Gasteiger charge is 2.09. The number of fused-ring (bicyclic) bond motifs is 2. The Kier molecular flexibility index (Phi) is 5.27. The van der Waals surface area contributed by atoms with Gasteiger partial charge in [-0.05, 0) is 92.3 Å². The zero-order chi connectivity index (χ0) is 23.9. The summed E-state index contributed by atoms with van der Waals surface area (Å²) in [5.41, 5.74) is 5.10. The van der Waals surface area contributed by atoms with E-state index in [4.69, 9.17) is 0 Å². The van der Waals surface area contributed by atoms with E-state index in [1.54, 1.807) is 0 Å². The molecule has 0 radical (unpaired) electrons. The molecule has 0 saturated heterocycles. The fourth-order valence-electron chi connectivity index (χ4n) is 4.81. The highest BCUT2D eigenvalue weighted by Crippen LogP contribution is 2.38. The lowest BCUT2D eigenvalue weighted by Gasteiger charge is -2.07. The predicted molar refractivity (Wildman–Crippen MR) is 159 cm³/mol. The third kappa shape index (κ3) is 3.95. The fraction of sp³-hybridized carbons (Fsp3) is 0. The fourth-order valence-corrected chi connectivity index (χ4v) is 6.82. The van der Waals surface area contributed by atoms with Crippen LogP contribution in [0.1, 0.15) is 0 Å². The molecule has 2 heterocycles. The second-order valence-electron chi connectivity index (χ2n) is 9.04. The van der Waals surface area contributed by atoms with Crippen LogP contribution in [0.3, 0.4) is 0 Å². The second kappa shape index (κ2) is 8.91. The summed E-state index contributed by atoms with van der Waals surface area (Å²) in [5, 5.41) is 5.12. The molecular weight excluding hydrogens is 473 g/mol. The van der Waals surface area contributed by atoms with Crippen LogP contribution < -0.4 is 0 Å². The van der Waals surface area contributed by atoms with Crippen LogP contribution in [0, 0.1) is 0 Å². The Bertz CT molecular complexity index is 1680. The summed E-state index contributed by atoms with van der Waals surface area (Å²) < 4.78 is 0. The molecule has 0 aliphatic carbocycles. The molecule has 2 aromatic heterocycles. The van der Waals surface area contributed by atoms with Gasteiger partial charge in [0.15, 0.2) is 0 Å². The van der Waals surface area contributed by atoms with Crippen molar-refractivity contribution >= 4 is 44.2 Å². The maximum absolute atomic E-state index is 2.33. The SMILES string of the molecule is c1ccc(-c2ccc(-c3ccc4cc5cc(-c6ccc(-c7ccccc7)s6)ccc5cc4c3)s2)cc1. The van der Waals surface area contributed by atoms with Crippen LogP contribution in [-0.4, -0.2) is 0 Å². The molecule has 7 rings (SSSR count). The molecule has 5 aromatic carbocycles. The van der Waals surface area contributed by atoms with E-state index >= 15 is 0 Å². The van der Waals surface area contributed by atoms with Gasteiger partial charge in [-0.15, -0.1) is 22.7 Å². The molecule has 0 bridgehead atoms.